The molecular weight excluding hydrogens is 451 g/mol. The fourth-order valence-electron chi connectivity index (χ4n) is 4.89. The van der Waals surface area contributed by atoms with Crippen LogP contribution in [0.3, 0.4) is 0 Å². The van der Waals surface area contributed by atoms with Crippen molar-refractivity contribution in [3.05, 3.63) is 77.4 Å². The molecule has 174 valence electrons. The van der Waals surface area contributed by atoms with Gasteiger partial charge in [-0.2, -0.15) is 0 Å². The van der Waals surface area contributed by atoms with E-state index in [2.05, 4.69) is 4.74 Å². The van der Waals surface area contributed by atoms with E-state index in [-0.39, 0.29) is 24.8 Å². The fraction of sp³-hybridized carbons (Fsp3) is 0.240. The summed E-state index contributed by atoms with van der Waals surface area (Å²) in [5.74, 6) is 1.12. The lowest BCUT2D eigenvalue weighted by atomic mass is 9.77. The summed E-state index contributed by atoms with van der Waals surface area (Å²) in [7, 11) is 0. The van der Waals surface area contributed by atoms with Crippen molar-refractivity contribution in [2.24, 2.45) is 0 Å². The zero-order chi connectivity index (χ0) is 23.5. The molecule has 1 amide bonds. The average Bonchev–Trinajstić information content (AvgIpc) is 3.29. The normalized spacial score (nSPS) is 20.2. The van der Waals surface area contributed by atoms with Crippen LogP contribution in [-0.4, -0.2) is 32.1 Å². The van der Waals surface area contributed by atoms with E-state index >= 15 is 0 Å². The van der Waals surface area contributed by atoms with Gasteiger partial charge in [0.15, 0.2) is 11.5 Å². The summed E-state index contributed by atoms with van der Waals surface area (Å²) in [6, 6.07) is 16.6. The second-order valence-electron chi connectivity index (χ2n) is 8.29. The maximum atomic E-state index is 14.0. The first-order valence-electron chi connectivity index (χ1n) is 10.7. The van der Waals surface area contributed by atoms with Crippen molar-refractivity contribution >= 4 is 11.6 Å². The first kappa shape index (κ1) is 20.7. The maximum absolute atomic E-state index is 14.0. The number of hydrogen-bond acceptors (Lipinski definition) is 5. The highest BCUT2D eigenvalue weighted by molar-refractivity contribution is 6.11. The molecule has 34 heavy (non-hydrogen) atoms. The second-order valence-corrected chi connectivity index (χ2v) is 8.29. The van der Waals surface area contributed by atoms with Crippen LogP contribution in [0.15, 0.2) is 60.7 Å². The van der Waals surface area contributed by atoms with Crippen molar-refractivity contribution in [2.45, 2.75) is 18.3 Å². The Bertz CT molecular complexity index is 1310. The molecule has 3 aliphatic rings. The van der Waals surface area contributed by atoms with Crippen molar-refractivity contribution < 1.29 is 36.9 Å². The zero-order valence-corrected chi connectivity index (χ0v) is 17.7. The quantitative estimate of drug-likeness (QED) is 0.562. The number of fused-ring (bicyclic) bond motifs is 5. The third-order valence-electron chi connectivity index (χ3n) is 6.29. The Morgan fingerprint density at radius 2 is 1.65 bits per heavy atom. The highest BCUT2D eigenvalue weighted by atomic mass is 19.4. The number of alkyl halides is 3. The highest BCUT2D eigenvalue weighted by Gasteiger charge is 2.57. The van der Waals surface area contributed by atoms with Crippen LogP contribution in [-0.2, 0) is 16.8 Å². The molecule has 6 nitrogen and oxygen atoms in total. The topological polar surface area (TPSA) is 57.2 Å². The van der Waals surface area contributed by atoms with E-state index in [1.54, 1.807) is 23.1 Å². The molecule has 0 fully saturated rings. The summed E-state index contributed by atoms with van der Waals surface area (Å²) >= 11 is 0. The lowest BCUT2D eigenvalue weighted by molar-refractivity contribution is -0.274. The largest absolute Gasteiger partial charge is 0.573 e. The number of hydrogen-bond donors (Lipinski definition) is 0. The molecule has 0 aromatic heterocycles. The van der Waals surface area contributed by atoms with Gasteiger partial charge in [0, 0.05) is 17.3 Å². The Labute approximate surface area is 192 Å². The molecule has 0 radical (unpaired) electrons. The smallest absolute Gasteiger partial charge is 0.491 e. The van der Waals surface area contributed by atoms with Crippen LogP contribution in [0.5, 0.6) is 23.0 Å². The Kier molecular flexibility index (Phi) is 4.45. The third kappa shape index (κ3) is 3.14. The number of amides is 1. The molecule has 1 unspecified atom stereocenters. The average molecular weight is 469 g/mol. The predicted molar refractivity (Wildman–Crippen MR) is 114 cm³/mol. The number of carbonyl (C=O) groups excluding carboxylic acids is 1. The minimum atomic E-state index is -4.80. The van der Waals surface area contributed by atoms with Gasteiger partial charge in [0.05, 0.1) is 6.54 Å². The summed E-state index contributed by atoms with van der Waals surface area (Å²) < 4.78 is 59.4. The number of anilines is 1. The van der Waals surface area contributed by atoms with E-state index in [1.807, 2.05) is 24.3 Å². The van der Waals surface area contributed by atoms with Gasteiger partial charge in [-0.15, -0.1) is 13.2 Å². The molecule has 0 saturated heterocycles. The molecular formula is C25H18F3NO5. The van der Waals surface area contributed by atoms with Gasteiger partial charge in [0.1, 0.15) is 36.7 Å². The Hall–Kier alpha value is -3.88. The van der Waals surface area contributed by atoms with E-state index in [9.17, 15) is 18.0 Å². The molecule has 1 spiro atoms. The lowest BCUT2D eigenvalue weighted by Crippen LogP contribution is -2.42. The van der Waals surface area contributed by atoms with Crippen molar-refractivity contribution in [1.82, 2.24) is 0 Å². The minimum absolute atomic E-state index is 0.0759. The molecule has 1 atom stereocenters. The predicted octanol–water partition coefficient (Wildman–Crippen LogP) is 4.58. The number of rotatable bonds is 3. The minimum Gasteiger partial charge on any atom is -0.491 e. The molecule has 3 heterocycles. The monoisotopic (exact) mass is 469 g/mol. The number of halogens is 3. The van der Waals surface area contributed by atoms with E-state index in [1.165, 1.54) is 18.2 Å². The third-order valence-corrected chi connectivity index (χ3v) is 6.29. The number of carbonyl (C=O) groups is 1. The van der Waals surface area contributed by atoms with Gasteiger partial charge < -0.3 is 23.8 Å². The fourth-order valence-corrected chi connectivity index (χ4v) is 4.89. The molecule has 0 saturated carbocycles. The van der Waals surface area contributed by atoms with Crippen LogP contribution in [0.2, 0.25) is 0 Å². The molecule has 0 bridgehead atoms. The van der Waals surface area contributed by atoms with Gasteiger partial charge >= 0.3 is 6.36 Å². The van der Waals surface area contributed by atoms with Gasteiger partial charge in [-0.25, -0.2) is 0 Å². The number of para-hydroxylation sites is 1. The van der Waals surface area contributed by atoms with E-state index in [0.717, 1.165) is 5.56 Å². The molecule has 3 aliphatic heterocycles. The van der Waals surface area contributed by atoms with E-state index in [4.69, 9.17) is 14.2 Å². The summed E-state index contributed by atoms with van der Waals surface area (Å²) in [5.41, 5.74) is 1.57. The van der Waals surface area contributed by atoms with Crippen LogP contribution < -0.4 is 23.8 Å². The molecule has 3 aromatic carbocycles. The molecule has 0 N–H and O–H groups in total. The molecule has 6 rings (SSSR count). The van der Waals surface area contributed by atoms with Crippen LogP contribution in [0.1, 0.15) is 16.7 Å². The van der Waals surface area contributed by atoms with Crippen LogP contribution >= 0.6 is 0 Å². The molecule has 3 aromatic rings. The second kappa shape index (κ2) is 7.31. The molecule has 9 heteroatoms. The first-order valence-corrected chi connectivity index (χ1v) is 10.7. The van der Waals surface area contributed by atoms with Gasteiger partial charge in [0.2, 0.25) is 5.91 Å². The Morgan fingerprint density at radius 3 is 2.44 bits per heavy atom. The SMILES string of the molecule is O=C1N(Cc2cccc(OC(F)(F)F)c2)c2ccccc2C12COc1cc3c(cc12)OCCO3. The van der Waals surface area contributed by atoms with Crippen molar-refractivity contribution in [1.29, 1.82) is 0 Å². The van der Waals surface area contributed by atoms with Gasteiger partial charge in [-0.3, -0.25) is 4.79 Å². The van der Waals surface area contributed by atoms with Gasteiger partial charge in [0.25, 0.3) is 0 Å². The van der Waals surface area contributed by atoms with E-state index < -0.39 is 11.8 Å². The summed E-state index contributed by atoms with van der Waals surface area (Å²) in [6.07, 6.45) is -4.80. The van der Waals surface area contributed by atoms with Crippen LogP contribution in [0, 0.1) is 0 Å². The summed E-state index contributed by atoms with van der Waals surface area (Å²) in [6.45, 7) is 1.03. The Morgan fingerprint density at radius 1 is 0.882 bits per heavy atom. The van der Waals surface area contributed by atoms with Crippen molar-refractivity contribution in [2.75, 3.05) is 24.7 Å². The van der Waals surface area contributed by atoms with Crippen molar-refractivity contribution in [3.8, 4) is 23.0 Å². The molecule has 0 aliphatic carbocycles. The number of nitrogens with zero attached hydrogens (tertiary/aromatic N) is 1. The number of benzene rings is 3. The highest BCUT2D eigenvalue weighted by Crippen LogP contribution is 2.55. The summed E-state index contributed by atoms with van der Waals surface area (Å²) in [5, 5.41) is 0. The number of ether oxygens (including phenoxy) is 4. The van der Waals surface area contributed by atoms with Gasteiger partial charge in [-0.1, -0.05) is 30.3 Å². The lowest BCUT2D eigenvalue weighted by Gasteiger charge is -2.25. The Balaban J connectivity index is 1.40. The van der Waals surface area contributed by atoms with Gasteiger partial charge in [-0.05, 0) is 35.4 Å². The van der Waals surface area contributed by atoms with Crippen molar-refractivity contribution in [3.63, 3.8) is 0 Å². The van der Waals surface area contributed by atoms with E-state index in [0.29, 0.717) is 47.3 Å². The maximum Gasteiger partial charge on any atom is 0.573 e. The zero-order valence-electron chi connectivity index (χ0n) is 17.7. The standard InChI is InChI=1S/C25H18F3NO5/c26-25(27,28)34-16-5-3-4-15(10-16)13-29-19-7-2-1-6-17(19)24(23(29)30)14-33-20-12-22-21(11-18(20)24)31-8-9-32-22/h1-7,10-12H,8-9,13-14H2. The van der Waals surface area contributed by atoms with Crippen LogP contribution in [0.25, 0.3) is 0 Å². The first-order chi connectivity index (χ1) is 16.3. The van der Waals surface area contributed by atoms with Crippen LogP contribution in [0.4, 0.5) is 18.9 Å². The summed E-state index contributed by atoms with van der Waals surface area (Å²) in [4.78, 5) is 15.6.